The van der Waals surface area contributed by atoms with Crippen molar-refractivity contribution in [2.24, 2.45) is 5.92 Å². The summed E-state index contributed by atoms with van der Waals surface area (Å²) in [6.45, 7) is 7.39. The predicted molar refractivity (Wildman–Crippen MR) is 125 cm³/mol. The highest BCUT2D eigenvalue weighted by Gasteiger charge is 2.33. The fraction of sp³-hybridized carbons (Fsp3) is 0.462. The molecule has 2 aromatic carbocycles. The van der Waals surface area contributed by atoms with Gasteiger partial charge in [-0.25, -0.2) is 0 Å². The minimum atomic E-state index is -0.586. The zero-order valence-electron chi connectivity index (χ0n) is 19.5. The molecule has 32 heavy (non-hydrogen) atoms. The topological polar surface area (TPSA) is 67.9 Å². The molecule has 1 aliphatic heterocycles. The maximum atomic E-state index is 13.0. The van der Waals surface area contributed by atoms with Crippen molar-refractivity contribution in [2.45, 2.75) is 45.8 Å². The number of methoxy groups -OCH3 is 1. The molecule has 1 heterocycles. The third kappa shape index (κ3) is 5.49. The average Bonchev–Trinajstić information content (AvgIpc) is 2.81. The Bertz CT molecular complexity index is 913. The number of ether oxygens (including phenoxy) is 2. The lowest BCUT2D eigenvalue weighted by molar-refractivity contribution is -0.136. The summed E-state index contributed by atoms with van der Waals surface area (Å²) in [6, 6.07) is 15.9. The molecule has 3 rings (SSSR count). The standard InChI is InChI=1S/C26H34N2O4/c1-5-23(25(29)27-14-16-31-4)32-21-12-11-19-13-15-28(26(30)18(2)3)24(22(19)17-21)20-9-7-6-8-10-20/h6-12,17-18,23-24H,5,13-16H2,1-4H3,(H,27,29)/t23-,24-/m0/s1. The number of hydrogen-bond donors (Lipinski definition) is 1. The van der Waals surface area contributed by atoms with E-state index in [1.54, 1.807) is 7.11 Å². The fourth-order valence-electron chi connectivity index (χ4n) is 4.11. The van der Waals surface area contributed by atoms with Crippen molar-refractivity contribution in [1.82, 2.24) is 10.2 Å². The second-order valence-corrected chi connectivity index (χ2v) is 8.41. The van der Waals surface area contributed by atoms with Gasteiger partial charge in [0.15, 0.2) is 6.10 Å². The number of nitrogens with one attached hydrogen (secondary N) is 1. The minimum absolute atomic E-state index is 0.0811. The summed E-state index contributed by atoms with van der Waals surface area (Å²) >= 11 is 0. The molecule has 0 fully saturated rings. The second-order valence-electron chi connectivity index (χ2n) is 8.41. The van der Waals surface area contributed by atoms with Crippen LogP contribution in [0, 0.1) is 5.92 Å². The van der Waals surface area contributed by atoms with Gasteiger partial charge in [0.1, 0.15) is 5.75 Å². The highest BCUT2D eigenvalue weighted by Crippen LogP contribution is 2.38. The van der Waals surface area contributed by atoms with E-state index < -0.39 is 6.10 Å². The SMILES string of the molecule is CC[C@H](Oc1ccc2c(c1)[C@H](c1ccccc1)N(C(=O)C(C)C)CC2)C(=O)NCCOC. The molecule has 0 saturated carbocycles. The Hall–Kier alpha value is -2.86. The molecule has 2 amide bonds. The van der Waals surface area contributed by atoms with Crippen LogP contribution in [-0.4, -0.2) is 49.6 Å². The molecule has 6 nitrogen and oxygen atoms in total. The van der Waals surface area contributed by atoms with E-state index >= 15 is 0 Å². The number of amides is 2. The first-order valence-electron chi connectivity index (χ1n) is 11.4. The third-order valence-electron chi connectivity index (χ3n) is 5.78. The largest absolute Gasteiger partial charge is 0.481 e. The molecule has 172 valence electrons. The van der Waals surface area contributed by atoms with Crippen molar-refractivity contribution in [2.75, 3.05) is 26.8 Å². The van der Waals surface area contributed by atoms with E-state index in [9.17, 15) is 9.59 Å². The third-order valence-corrected chi connectivity index (χ3v) is 5.78. The first-order chi connectivity index (χ1) is 15.5. The van der Waals surface area contributed by atoms with E-state index in [-0.39, 0.29) is 23.8 Å². The maximum absolute atomic E-state index is 13.0. The average molecular weight is 439 g/mol. The molecule has 1 aliphatic rings. The smallest absolute Gasteiger partial charge is 0.261 e. The summed E-state index contributed by atoms with van der Waals surface area (Å²) in [4.78, 5) is 27.5. The van der Waals surface area contributed by atoms with Gasteiger partial charge >= 0.3 is 0 Å². The number of fused-ring (bicyclic) bond motifs is 1. The lowest BCUT2D eigenvalue weighted by Crippen LogP contribution is -2.42. The monoisotopic (exact) mass is 438 g/mol. The molecule has 0 spiro atoms. The van der Waals surface area contributed by atoms with E-state index in [1.807, 2.05) is 56.0 Å². The molecule has 2 atom stereocenters. The lowest BCUT2D eigenvalue weighted by Gasteiger charge is -2.39. The molecule has 0 aliphatic carbocycles. The zero-order valence-corrected chi connectivity index (χ0v) is 19.5. The van der Waals surface area contributed by atoms with Crippen molar-refractivity contribution < 1.29 is 19.1 Å². The van der Waals surface area contributed by atoms with E-state index in [2.05, 4.69) is 23.5 Å². The van der Waals surface area contributed by atoms with Gasteiger partial charge in [0, 0.05) is 26.1 Å². The van der Waals surface area contributed by atoms with Crippen molar-refractivity contribution in [3.63, 3.8) is 0 Å². The Kier molecular flexibility index (Phi) is 8.28. The second kappa shape index (κ2) is 11.1. The van der Waals surface area contributed by atoms with Crippen molar-refractivity contribution >= 4 is 11.8 Å². The van der Waals surface area contributed by atoms with Crippen LogP contribution >= 0.6 is 0 Å². The predicted octanol–water partition coefficient (Wildman–Crippen LogP) is 3.74. The molecule has 0 unspecified atom stereocenters. The van der Waals surface area contributed by atoms with Crippen LogP contribution in [0.4, 0.5) is 0 Å². The van der Waals surface area contributed by atoms with Gasteiger partial charge in [0.05, 0.1) is 12.6 Å². The van der Waals surface area contributed by atoms with Crippen LogP contribution in [0.2, 0.25) is 0 Å². The van der Waals surface area contributed by atoms with Crippen molar-refractivity contribution in [3.8, 4) is 5.75 Å². The number of nitrogens with zero attached hydrogens (tertiary/aromatic N) is 1. The minimum Gasteiger partial charge on any atom is -0.481 e. The van der Waals surface area contributed by atoms with Gasteiger partial charge in [0.25, 0.3) is 5.91 Å². The Balaban J connectivity index is 1.91. The van der Waals surface area contributed by atoms with Gasteiger partial charge in [-0.3, -0.25) is 9.59 Å². The summed E-state index contributed by atoms with van der Waals surface area (Å²) in [6.07, 6.45) is 0.763. The highest BCUT2D eigenvalue weighted by atomic mass is 16.5. The number of carbonyl (C=O) groups excluding carboxylic acids is 2. The molecule has 0 radical (unpaired) electrons. The zero-order chi connectivity index (χ0) is 23.1. The Morgan fingerprint density at radius 1 is 1.16 bits per heavy atom. The van der Waals surface area contributed by atoms with Gasteiger partial charge in [0.2, 0.25) is 5.91 Å². The number of hydrogen-bond acceptors (Lipinski definition) is 4. The van der Waals surface area contributed by atoms with Crippen LogP contribution in [0.15, 0.2) is 48.5 Å². The molecule has 6 heteroatoms. The molecule has 0 saturated heterocycles. The quantitative estimate of drug-likeness (QED) is 0.606. The van der Waals surface area contributed by atoms with E-state index in [1.165, 1.54) is 5.56 Å². The van der Waals surface area contributed by atoms with Gasteiger partial charge in [-0.05, 0) is 41.7 Å². The first kappa shape index (κ1) is 23.8. The number of carbonyl (C=O) groups is 2. The summed E-state index contributed by atoms with van der Waals surface area (Å²) in [5, 5.41) is 2.84. The Morgan fingerprint density at radius 3 is 2.56 bits per heavy atom. The molecule has 0 bridgehead atoms. The fourth-order valence-corrected chi connectivity index (χ4v) is 4.11. The summed E-state index contributed by atoms with van der Waals surface area (Å²) in [5.41, 5.74) is 3.34. The summed E-state index contributed by atoms with van der Waals surface area (Å²) in [5.74, 6) is 0.540. The highest BCUT2D eigenvalue weighted by molar-refractivity contribution is 5.81. The summed E-state index contributed by atoms with van der Waals surface area (Å²) in [7, 11) is 1.60. The van der Waals surface area contributed by atoms with E-state index in [0.717, 1.165) is 17.5 Å². The van der Waals surface area contributed by atoms with Crippen LogP contribution in [0.1, 0.15) is 49.9 Å². The number of benzene rings is 2. The van der Waals surface area contributed by atoms with Crippen molar-refractivity contribution in [1.29, 1.82) is 0 Å². The lowest BCUT2D eigenvalue weighted by atomic mass is 9.87. The molecule has 2 aromatic rings. The summed E-state index contributed by atoms with van der Waals surface area (Å²) < 4.78 is 11.1. The van der Waals surface area contributed by atoms with E-state index in [0.29, 0.717) is 31.9 Å². The molecule has 1 N–H and O–H groups in total. The van der Waals surface area contributed by atoms with Crippen LogP contribution in [-0.2, 0) is 20.7 Å². The van der Waals surface area contributed by atoms with E-state index in [4.69, 9.17) is 9.47 Å². The van der Waals surface area contributed by atoms with Gasteiger partial charge < -0.3 is 19.7 Å². The normalized spacial score (nSPS) is 16.4. The van der Waals surface area contributed by atoms with Crippen LogP contribution in [0.5, 0.6) is 5.75 Å². The van der Waals surface area contributed by atoms with Gasteiger partial charge in [-0.1, -0.05) is 57.2 Å². The maximum Gasteiger partial charge on any atom is 0.261 e. The number of rotatable bonds is 9. The molecule has 0 aromatic heterocycles. The van der Waals surface area contributed by atoms with Crippen molar-refractivity contribution in [3.05, 3.63) is 65.2 Å². The molecular formula is C26H34N2O4. The Morgan fingerprint density at radius 2 is 1.91 bits per heavy atom. The van der Waals surface area contributed by atoms with Crippen LogP contribution < -0.4 is 10.1 Å². The molecular weight excluding hydrogens is 404 g/mol. The van der Waals surface area contributed by atoms with Gasteiger partial charge in [-0.2, -0.15) is 0 Å². The first-order valence-corrected chi connectivity index (χ1v) is 11.4. The van der Waals surface area contributed by atoms with Gasteiger partial charge in [-0.15, -0.1) is 0 Å². The Labute approximate surface area is 190 Å². The van der Waals surface area contributed by atoms with Crippen LogP contribution in [0.25, 0.3) is 0 Å². The van der Waals surface area contributed by atoms with Crippen LogP contribution in [0.3, 0.4) is 0 Å².